The monoisotopic (exact) mass is 377 g/mol. The van der Waals surface area contributed by atoms with Crippen LogP contribution in [0.2, 0.25) is 0 Å². The molecule has 1 aromatic heterocycles. The predicted molar refractivity (Wildman–Crippen MR) is 95.5 cm³/mol. The minimum absolute atomic E-state index is 0.145. The van der Waals surface area contributed by atoms with Crippen LogP contribution in [0.15, 0.2) is 11.4 Å². The highest BCUT2D eigenvalue weighted by Gasteiger charge is 2.12. The third-order valence-electron chi connectivity index (χ3n) is 3.53. The first kappa shape index (κ1) is 18.7. The molecule has 1 aliphatic heterocycles. The highest BCUT2D eigenvalue weighted by atomic mass is 32.2. The third kappa shape index (κ3) is 7.67. The molecule has 1 aliphatic rings. The summed E-state index contributed by atoms with van der Waals surface area (Å²) >= 11 is 3.40. The number of thiophene rings is 1. The van der Waals surface area contributed by atoms with Gasteiger partial charge in [-0.2, -0.15) is 20.2 Å². The number of hydrogen-bond acceptors (Lipinski definition) is 6. The van der Waals surface area contributed by atoms with Crippen molar-refractivity contribution in [3.63, 3.8) is 0 Å². The van der Waals surface area contributed by atoms with Crippen LogP contribution in [0.4, 0.5) is 0 Å². The maximum Gasteiger partial charge on any atom is 0.298 e. The Balaban J connectivity index is 1.65. The Labute approximate surface area is 146 Å². The lowest BCUT2D eigenvalue weighted by Gasteiger charge is -2.25. The fraction of sp³-hybridized carbons (Fsp3) is 0.643. The molecule has 23 heavy (non-hydrogen) atoms. The Kier molecular flexibility index (Phi) is 7.35. The number of likely N-dealkylation sites (tertiary alicyclic amines) is 1. The number of amides is 1. The van der Waals surface area contributed by atoms with Crippen molar-refractivity contribution < 1.29 is 13.2 Å². The number of nitrogens with one attached hydrogen (secondary N) is 1. The summed E-state index contributed by atoms with van der Waals surface area (Å²) in [6, 6.07) is 2.23. The van der Waals surface area contributed by atoms with Gasteiger partial charge in [0.25, 0.3) is 10.2 Å². The Morgan fingerprint density at radius 3 is 2.78 bits per heavy atom. The van der Waals surface area contributed by atoms with Gasteiger partial charge in [-0.25, -0.2) is 9.86 Å². The SMILES string of the molecule is NS(=O)(=O)NC(=O)CCSCc1csc(CN2CCCCC2)c1. The number of carbonyl (C=O) groups is 1. The van der Waals surface area contributed by atoms with Crippen LogP contribution in [0, 0.1) is 0 Å². The average Bonchev–Trinajstić information content (AvgIpc) is 2.90. The van der Waals surface area contributed by atoms with Gasteiger partial charge in [-0.05, 0) is 42.9 Å². The molecular weight excluding hydrogens is 354 g/mol. The molecule has 1 aromatic rings. The Morgan fingerprint density at radius 1 is 1.35 bits per heavy atom. The number of carbonyl (C=O) groups excluding carboxylic acids is 1. The van der Waals surface area contributed by atoms with E-state index in [1.54, 1.807) is 27.8 Å². The largest absolute Gasteiger partial charge is 0.298 e. The fourth-order valence-corrected chi connectivity index (χ4v) is 4.82. The average molecular weight is 378 g/mol. The molecule has 0 spiro atoms. The zero-order valence-corrected chi connectivity index (χ0v) is 15.4. The maximum absolute atomic E-state index is 11.3. The van der Waals surface area contributed by atoms with Gasteiger partial charge in [-0.3, -0.25) is 9.69 Å². The summed E-state index contributed by atoms with van der Waals surface area (Å²) in [6.07, 6.45) is 4.09. The van der Waals surface area contributed by atoms with E-state index in [1.807, 2.05) is 0 Å². The van der Waals surface area contributed by atoms with Gasteiger partial charge < -0.3 is 0 Å². The molecule has 2 rings (SSSR count). The molecular formula is C14H23N3O3S3. The molecule has 9 heteroatoms. The van der Waals surface area contributed by atoms with Gasteiger partial charge in [0.15, 0.2) is 0 Å². The second-order valence-corrected chi connectivity index (χ2v) is 9.03. The van der Waals surface area contributed by atoms with Crippen LogP contribution in [-0.2, 0) is 27.3 Å². The van der Waals surface area contributed by atoms with Crippen molar-refractivity contribution >= 4 is 39.2 Å². The van der Waals surface area contributed by atoms with Crippen LogP contribution in [0.25, 0.3) is 0 Å². The Morgan fingerprint density at radius 2 is 2.09 bits per heavy atom. The number of nitrogens with zero attached hydrogens (tertiary/aromatic N) is 1. The molecule has 0 bridgehead atoms. The van der Waals surface area contributed by atoms with Gasteiger partial charge in [-0.15, -0.1) is 11.3 Å². The molecule has 130 valence electrons. The van der Waals surface area contributed by atoms with E-state index < -0.39 is 16.1 Å². The van der Waals surface area contributed by atoms with E-state index in [9.17, 15) is 13.2 Å². The molecule has 0 saturated carbocycles. The molecule has 1 saturated heterocycles. The zero-order valence-electron chi connectivity index (χ0n) is 13.0. The standard InChI is InChI=1S/C14H23N3O3S3/c15-23(19,20)16-14(18)4-7-21-10-12-8-13(22-11-12)9-17-5-2-1-3-6-17/h8,11H,1-7,9-10H2,(H,16,18)(H2,15,19,20). The molecule has 0 aromatic carbocycles. The quantitative estimate of drug-likeness (QED) is 0.673. The number of nitrogens with two attached hydrogens (primary N) is 1. The van der Waals surface area contributed by atoms with Crippen molar-refractivity contribution in [2.24, 2.45) is 5.14 Å². The van der Waals surface area contributed by atoms with Crippen molar-refractivity contribution in [2.75, 3.05) is 18.8 Å². The normalized spacial score (nSPS) is 16.4. The van der Waals surface area contributed by atoms with Crippen molar-refractivity contribution in [3.05, 3.63) is 21.9 Å². The number of piperidine rings is 1. The van der Waals surface area contributed by atoms with Crippen LogP contribution in [0.1, 0.15) is 36.1 Å². The molecule has 2 heterocycles. The first-order chi connectivity index (χ1) is 10.9. The highest BCUT2D eigenvalue weighted by molar-refractivity contribution is 7.98. The number of rotatable bonds is 8. The maximum atomic E-state index is 11.3. The first-order valence-electron chi connectivity index (χ1n) is 7.62. The number of thioether (sulfide) groups is 1. The molecule has 0 radical (unpaired) electrons. The highest BCUT2D eigenvalue weighted by Crippen LogP contribution is 2.22. The van der Waals surface area contributed by atoms with E-state index in [4.69, 9.17) is 5.14 Å². The molecule has 0 atom stereocenters. The summed E-state index contributed by atoms with van der Waals surface area (Å²) < 4.78 is 23.2. The molecule has 1 fully saturated rings. The minimum atomic E-state index is -3.94. The second kappa shape index (κ2) is 9.03. The summed E-state index contributed by atoms with van der Waals surface area (Å²) in [6.45, 7) is 3.42. The van der Waals surface area contributed by atoms with Crippen LogP contribution >= 0.6 is 23.1 Å². The van der Waals surface area contributed by atoms with Crippen LogP contribution < -0.4 is 9.86 Å². The summed E-state index contributed by atoms with van der Waals surface area (Å²) in [4.78, 5) is 15.2. The lowest BCUT2D eigenvalue weighted by Crippen LogP contribution is -2.36. The van der Waals surface area contributed by atoms with Crippen molar-refractivity contribution in [1.29, 1.82) is 0 Å². The van der Waals surface area contributed by atoms with Crippen LogP contribution in [0.3, 0.4) is 0 Å². The topological polar surface area (TPSA) is 92.5 Å². The van der Waals surface area contributed by atoms with Gasteiger partial charge >= 0.3 is 0 Å². The Hall–Kier alpha value is -0.610. The summed E-state index contributed by atoms with van der Waals surface area (Å²) in [7, 11) is -3.94. The van der Waals surface area contributed by atoms with E-state index in [2.05, 4.69) is 16.3 Å². The summed E-state index contributed by atoms with van der Waals surface area (Å²) in [5.41, 5.74) is 1.26. The first-order valence-corrected chi connectivity index (χ1v) is 11.2. The van der Waals surface area contributed by atoms with Gasteiger partial charge in [-0.1, -0.05) is 6.42 Å². The third-order valence-corrected chi connectivity index (χ3v) is 6.05. The molecule has 0 aliphatic carbocycles. The van der Waals surface area contributed by atoms with Crippen molar-refractivity contribution in [3.8, 4) is 0 Å². The predicted octanol–water partition coefficient (Wildman–Crippen LogP) is 1.68. The Bertz CT molecular complexity index is 610. The van der Waals surface area contributed by atoms with E-state index in [1.165, 1.54) is 42.8 Å². The van der Waals surface area contributed by atoms with Gasteiger partial charge in [0.05, 0.1) is 0 Å². The van der Waals surface area contributed by atoms with Gasteiger partial charge in [0.2, 0.25) is 5.91 Å². The number of hydrogen-bond donors (Lipinski definition) is 2. The van der Waals surface area contributed by atoms with Gasteiger partial charge in [0.1, 0.15) is 0 Å². The molecule has 6 nitrogen and oxygen atoms in total. The summed E-state index contributed by atoms with van der Waals surface area (Å²) in [5, 5.41) is 6.91. The van der Waals surface area contributed by atoms with Crippen molar-refractivity contribution in [1.82, 2.24) is 9.62 Å². The molecule has 3 N–H and O–H groups in total. The zero-order chi connectivity index (χ0) is 16.7. The van der Waals surface area contributed by atoms with E-state index >= 15 is 0 Å². The fourth-order valence-electron chi connectivity index (χ4n) is 2.49. The second-order valence-electron chi connectivity index (χ2n) is 5.63. The van der Waals surface area contributed by atoms with E-state index in [0.717, 1.165) is 12.3 Å². The van der Waals surface area contributed by atoms with Crippen LogP contribution in [-0.4, -0.2) is 38.1 Å². The molecule has 1 amide bonds. The smallest absolute Gasteiger partial charge is 0.298 e. The molecule has 0 unspecified atom stereocenters. The van der Waals surface area contributed by atoms with E-state index in [0.29, 0.717) is 5.75 Å². The van der Waals surface area contributed by atoms with Crippen LogP contribution in [0.5, 0.6) is 0 Å². The lowest BCUT2D eigenvalue weighted by atomic mass is 10.1. The lowest BCUT2D eigenvalue weighted by molar-refractivity contribution is -0.118. The van der Waals surface area contributed by atoms with E-state index in [-0.39, 0.29) is 6.42 Å². The van der Waals surface area contributed by atoms with Gasteiger partial charge in [0, 0.05) is 29.3 Å². The summed E-state index contributed by atoms with van der Waals surface area (Å²) in [5.74, 6) is 0.841. The minimum Gasteiger partial charge on any atom is -0.298 e. The van der Waals surface area contributed by atoms with Crippen molar-refractivity contribution in [2.45, 2.75) is 38.0 Å².